The topological polar surface area (TPSA) is 18.5 Å². The zero-order valence-electron chi connectivity index (χ0n) is 10.3. The van der Waals surface area contributed by atoms with Crippen LogP contribution in [-0.4, -0.2) is 12.4 Å². The van der Waals surface area contributed by atoms with E-state index < -0.39 is 0 Å². The molecule has 1 rings (SSSR count). The largest absolute Gasteiger partial charge is 0.350 e. The molecule has 2 heteroatoms. The van der Waals surface area contributed by atoms with Crippen LogP contribution in [0.25, 0.3) is 6.08 Å². The van der Waals surface area contributed by atoms with E-state index in [1.807, 2.05) is 45.0 Å². The van der Waals surface area contributed by atoms with Crippen molar-refractivity contribution in [2.75, 3.05) is 0 Å². The van der Waals surface area contributed by atoms with Crippen molar-refractivity contribution in [2.45, 2.75) is 39.8 Å². The summed E-state index contributed by atoms with van der Waals surface area (Å²) in [7, 11) is 0. The first-order valence-corrected chi connectivity index (χ1v) is 5.60. The highest BCUT2D eigenvalue weighted by Gasteiger charge is 2.04. The van der Waals surface area contributed by atoms with Gasteiger partial charge in [-0.05, 0) is 38.0 Å². The van der Waals surface area contributed by atoms with Gasteiger partial charge in [0.2, 0.25) is 0 Å². The average Bonchev–Trinajstić information content (AvgIpc) is 2.26. The van der Waals surface area contributed by atoms with E-state index >= 15 is 0 Å². The number of rotatable bonds is 6. The van der Waals surface area contributed by atoms with Crippen molar-refractivity contribution in [3.8, 4) is 0 Å². The van der Waals surface area contributed by atoms with Gasteiger partial charge in [0.05, 0.1) is 12.7 Å². The Morgan fingerprint density at radius 3 is 2.69 bits per heavy atom. The van der Waals surface area contributed by atoms with E-state index in [1.165, 1.54) is 0 Å². The summed E-state index contributed by atoms with van der Waals surface area (Å²) >= 11 is 0. The van der Waals surface area contributed by atoms with Crippen molar-refractivity contribution in [3.05, 3.63) is 42.0 Å². The lowest BCUT2D eigenvalue weighted by Gasteiger charge is -2.16. The van der Waals surface area contributed by atoms with E-state index in [0.717, 1.165) is 11.1 Å². The molecule has 1 atom stereocenters. The molecule has 0 aliphatic carbocycles. The molecule has 1 unspecified atom stereocenters. The zero-order valence-corrected chi connectivity index (χ0v) is 10.3. The van der Waals surface area contributed by atoms with Gasteiger partial charge < -0.3 is 9.47 Å². The number of ether oxygens (including phenoxy) is 2. The molecule has 0 saturated heterocycles. The van der Waals surface area contributed by atoms with Crippen molar-refractivity contribution in [1.82, 2.24) is 0 Å². The van der Waals surface area contributed by atoms with Gasteiger partial charge in [-0.25, -0.2) is 0 Å². The monoisotopic (exact) mass is 220 g/mol. The van der Waals surface area contributed by atoms with Crippen molar-refractivity contribution in [2.24, 2.45) is 0 Å². The van der Waals surface area contributed by atoms with Gasteiger partial charge in [0, 0.05) is 0 Å². The smallest absolute Gasteiger partial charge is 0.155 e. The van der Waals surface area contributed by atoms with Crippen LogP contribution in [0.15, 0.2) is 30.8 Å². The third-order valence-electron chi connectivity index (χ3n) is 2.14. The highest BCUT2D eigenvalue weighted by molar-refractivity contribution is 5.47. The SMILES string of the molecule is C=Cc1cccc(COC(C)OC(C)C)c1. The fourth-order valence-electron chi connectivity index (χ4n) is 1.45. The molecule has 0 aliphatic rings. The van der Waals surface area contributed by atoms with Gasteiger partial charge in [0.25, 0.3) is 0 Å². The molecule has 1 aromatic carbocycles. The van der Waals surface area contributed by atoms with Crippen molar-refractivity contribution < 1.29 is 9.47 Å². The lowest BCUT2D eigenvalue weighted by atomic mass is 10.1. The first-order valence-electron chi connectivity index (χ1n) is 5.60. The number of benzene rings is 1. The van der Waals surface area contributed by atoms with Crippen molar-refractivity contribution >= 4 is 6.08 Å². The Morgan fingerprint density at radius 1 is 1.31 bits per heavy atom. The van der Waals surface area contributed by atoms with Gasteiger partial charge in [-0.1, -0.05) is 30.9 Å². The number of hydrogen-bond donors (Lipinski definition) is 0. The second-order valence-electron chi connectivity index (χ2n) is 4.01. The second kappa shape index (κ2) is 6.46. The van der Waals surface area contributed by atoms with Gasteiger partial charge >= 0.3 is 0 Å². The van der Waals surface area contributed by atoms with Crippen molar-refractivity contribution in [3.63, 3.8) is 0 Å². The second-order valence-corrected chi connectivity index (χ2v) is 4.01. The van der Waals surface area contributed by atoms with Crippen LogP contribution in [0.1, 0.15) is 31.9 Å². The summed E-state index contributed by atoms with van der Waals surface area (Å²) in [6.45, 7) is 10.2. The van der Waals surface area contributed by atoms with Gasteiger partial charge in [0.15, 0.2) is 6.29 Å². The fourth-order valence-corrected chi connectivity index (χ4v) is 1.45. The van der Waals surface area contributed by atoms with E-state index in [2.05, 4.69) is 12.6 Å². The summed E-state index contributed by atoms with van der Waals surface area (Å²) in [5, 5.41) is 0. The highest BCUT2D eigenvalue weighted by atomic mass is 16.7. The quantitative estimate of drug-likeness (QED) is 0.682. The van der Waals surface area contributed by atoms with E-state index in [1.54, 1.807) is 0 Å². The molecule has 0 radical (unpaired) electrons. The first-order chi connectivity index (χ1) is 7.61. The minimum Gasteiger partial charge on any atom is -0.350 e. The van der Waals surface area contributed by atoms with Crippen molar-refractivity contribution in [1.29, 1.82) is 0 Å². The molecule has 0 heterocycles. The summed E-state index contributed by atoms with van der Waals surface area (Å²) in [6.07, 6.45) is 1.85. The van der Waals surface area contributed by atoms with Crippen LogP contribution in [0.2, 0.25) is 0 Å². The third kappa shape index (κ3) is 4.60. The van der Waals surface area contributed by atoms with Crippen LogP contribution in [0.4, 0.5) is 0 Å². The van der Waals surface area contributed by atoms with E-state index in [0.29, 0.717) is 6.61 Å². The lowest BCUT2D eigenvalue weighted by Crippen LogP contribution is -2.17. The van der Waals surface area contributed by atoms with Crippen LogP contribution in [-0.2, 0) is 16.1 Å². The first kappa shape index (κ1) is 12.9. The Morgan fingerprint density at radius 2 is 2.06 bits per heavy atom. The fraction of sp³-hybridized carbons (Fsp3) is 0.429. The molecule has 0 saturated carbocycles. The molecule has 1 aromatic rings. The molecule has 0 spiro atoms. The summed E-state index contributed by atoms with van der Waals surface area (Å²) in [5.74, 6) is 0. The van der Waals surface area contributed by atoms with E-state index in [9.17, 15) is 0 Å². The Balaban J connectivity index is 2.44. The summed E-state index contributed by atoms with van der Waals surface area (Å²) < 4.78 is 11.1. The van der Waals surface area contributed by atoms with Gasteiger partial charge in [-0.15, -0.1) is 0 Å². The predicted molar refractivity (Wildman–Crippen MR) is 67.0 cm³/mol. The lowest BCUT2D eigenvalue weighted by molar-refractivity contribution is -0.157. The standard InChI is InChI=1S/C14H20O2/c1-5-13-7-6-8-14(9-13)10-15-12(4)16-11(2)3/h5-9,11-12H,1,10H2,2-4H3. The van der Waals surface area contributed by atoms with Crippen LogP contribution in [0, 0.1) is 0 Å². The highest BCUT2D eigenvalue weighted by Crippen LogP contribution is 2.09. The van der Waals surface area contributed by atoms with Crippen LogP contribution >= 0.6 is 0 Å². The molecule has 0 bridgehead atoms. The number of hydrogen-bond acceptors (Lipinski definition) is 2. The predicted octanol–water partition coefficient (Wildman–Crippen LogP) is 3.62. The molecule has 0 amide bonds. The van der Waals surface area contributed by atoms with Crippen LogP contribution < -0.4 is 0 Å². The normalized spacial score (nSPS) is 12.8. The minimum atomic E-state index is -0.174. The summed E-state index contributed by atoms with van der Waals surface area (Å²) in [6, 6.07) is 8.12. The molecular weight excluding hydrogens is 200 g/mol. The molecule has 0 N–H and O–H groups in total. The third-order valence-corrected chi connectivity index (χ3v) is 2.14. The van der Waals surface area contributed by atoms with Crippen LogP contribution in [0.5, 0.6) is 0 Å². The molecular formula is C14H20O2. The molecule has 0 aromatic heterocycles. The van der Waals surface area contributed by atoms with Gasteiger partial charge in [0.1, 0.15) is 0 Å². The molecule has 2 nitrogen and oxygen atoms in total. The maximum absolute atomic E-state index is 5.58. The van der Waals surface area contributed by atoms with Crippen LogP contribution in [0.3, 0.4) is 0 Å². The Kier molecular flexibility index (Phi) is 5.23. The maximum atomic E-state index is 5.58. The zero-order chi connectivity index (χ0) is 12.0. The maximum Gasteiger partial charge on any atom is 0.155 e. The summed E-state index contributed by atoms with van der Waals surface area (Å²) in [5.41, 5.74) is 2.25. The van der Waals surface area contributed by atoms with E-state index in [4.69, 9.17) is 9.47 Å². The molecule has 88 valence electrons. The summed E-state index contributed by atoms with van der Waals surface area (Å²) in [4.78, 5) is 0. The average molecular weight is 220 g/mol. The Hall–Kier alpha value is -1.12. The molecule has 16 heavy (non-hydrogen) atoms. The minimum absolute atomic E-state index is 0.174. The van der Waals surface area contributed by atoms with Gasteiger partial charge in [-0.3, -0.25) is 0 Å². The molecule has 0 fully saturated rings. The van der Waals surface area contributed by atoms with E-state index in [-0.39, 0.29) is 12.4 Å². The van der Waals surface area contributed by atoms with Gasteiger partial charge in [-0.2, -0.15) is 0 Å². The Labute approximate surface area is 97.9 Å². The Bertz CT molecular complexity index is 331. The molecule has 0 aliphatic heterocycles.